The Morgan fingerprint density at radius 3 is 2.37 bits per heavy atom. The summed E-state index contributed by atoms with van der Waals surface area (Å²) in [5.74, 6) is -0.180. The number of amides is 1. The van der Waals surface area contributed by atoms with Gasteiger partial charge >= 0.3 is 0 Å². The van der Waals surface area contributed by atoms with E-state index in [0.717, 1.165) is 16.8 Å². The number of hydrogen-bond acceptors (Lipinski definition) is 3. The largest absolute Gasteiger partial charge is 0.336 e. The minimum Gasteiger partial charge on any atom is -0.336 e. The van der Waals surface area contributed by atoms with Crippen LogP contribution in [0.15, 0.2) is 65.6 Å². The van der Waals surface area contributed by atoms with Crippen molar-refractivity contribution >= 4 is 34.0 Å². The fourth-order valence-corrected chi connectivity index (χ4v) is 3.94. The van der Waals surface area contributed by atoms with Crippen molar-refractivity contribution in [2.24, 2.45) is 0 Å². The molecule has 2 aromatic heterocycles. The van der Waals surface area contributed by atoms with Crippen LogP contribution in [-0.2, 0) is 4.79 Å². The number of carbonyl (C=O) groups is 1. The summed E-state index contributed by atoms with van der Waals surface area (Å²) in [6.07, 6.45) is 1.69. The van der Waals surface area contributed by atoms with E-state index in [1.807, 2.05) is 55.7 Å². The van der Waals surface area contributed by atoms with Gasteiger partial charge in [0, 0.05) is 27.5 Å². The Morgan fingerprint density at radius 2 is 1.70 bits per heavy atom. The molecule has 1 N–H and O–H groups in total. The summed E-state index contributed by atoms with van der Waals surface area (Å²) in [7, 11) is 0. The molecular formula is C23H21ClN4O2. The SMILES string of the molecule is Cc1c2cnn(-c3ccccc3)c(=O)c2c(C)n1[C@@H](C)C(=O)Nc1ccc(Cl)cc1. The van der Waals surface area contributed by atoms with E-state index >= 15 is 0 Å². The molecule has 0 aliphatic rings. The number of carbonyl (C=O) groups excluding carboxylic acids is 1. The maximum absolute atomic E-state index is 13.2. The molecule has 7 heteroatoms. The second kappa shape index (κ2) is 7.80. The van der Waals surface area contributed by atoms with Crippen LogP contribution < -0.4 is 10.9 Å². The van der Waals surface area contributed by atoms with Gasteiger partial charge in [0.25, 0.3) is 5.56 Å². The van der Waals surface area contributed by atoms with E-state index in [0.29, 0.717) is 21.8 Å². The van der Waals surface area contributed by atoms with Crippen molar-refractivity contribution in [3.8, 4) is 5.69 Å². The van der Waals surface area contributed by atoms with Gasteiger partial charge in [-0.3, -0.25) is 9.59 Å². The summed E-state index contributed by atoms with van der Waals surface area (Å²) >= 11 is 5.91. The number of rotatable bonds is 4. The molecule has 30 heavy (non-hydrogen) atoms. The van der Waals surface area contributed by atoms with E-state index in [1.54, 1.807) is 30.5 Å². The van der Waals surface area contributed by atoms with Crippen LogP contribution >= 0.6 is 11.6 Å². The van der Waals surface area contributed by atoms with Crippen LogP contribution in [0.25, 0.3) is 16.5 Å². The van der Waals surface area contributed by atoms with Crippen molar-refractivity contribution < 1.29 is 4.79 Å². The normalized spacial score (nSPS) is 12.1. The van der Waals surface area contributed by atoms with Crippen molar-refractivity contribution in [2.45, 2.75) is 26.8 Å². The van der Waals surface area contributed by atoms with Gasteiger partial charge < -0.3 is 9.88 Å². The third-order valence-corrected chi connectivity index (χ3v) is 5.58. The maximum Gasteiger partial charge on any atom is 0.281 e. The first-order valence-electron chi connectivity index (χ1n) is 9.59. The fraction of sp³-hybridized carbons (Fsp3) is 0.174. The molecule has 0 fully saturated rings. The molecular weight excluding hydrogens is 400 g/mol. The molecule has 6 nitrogen and oxygen atoms in total. The minimum atomic E-state index is -0.516. The molecule has 0 spiro atoms. The van der Waals surface area contributed by atoms with Gasteiger partial charge in [0.15, 0.2) is 0 Å². The number of aryl methyl sites for hydroxylation is 2. The fourth-order valence-electron chi connectivity index (χ4n) is 3.81. The lowest BCUT2D eigenvalue weighted by molar-refractivity contribution is -0.118. The van der Waals surface area contributed by atoms with Crippen LogP contribution in [0.2, 0.25) is 5.02 Å². The van der Waals surface area contributed by atoms with Crippen molar-refractivity contribution in [2.75, 3.05) is 5.32 Å². The summed E-state index contributed by atoms with van der Waals surface area (Å²) in [5, 5.41) is 9.17. The summed E-state index contributed by atoms with van der Waals surface area (Å²) in [6, 6.07) is 15.7. The van der Waals surface area contributed by atoms with Gasteiger partial charge in [-0.05, 0) is 57.2 Å². The molecule has 0 aliphatic heterocycles. The van der Waals surface area contributed by atoms with Gasteiger partial charge in [0.1, 0.15) is 6.04 Å². The number of nitrogens with zero attached hydrogens (tertiary/aromatic N) is 3. The molecule has 4 rings (SSSR count). The summed E-state index contributed by atoms with van der Waals surface area (Å²) in [5.41, 5.74) is 2.71. The van der Waals surface area contributed by atoms with Crippen LogP contribution in [0.4, 0.5) is 5.69 Å². The van der Waals surface area contributed by atoms with E-state index in [9.17, 15) is 9.59 Å². The average molecular weight is 421 g/mol. The molecule has 4 aromatic rings. The number of para-hydroxylation sites is 1. The number of anilines is 1. The van der Waals surface area contributed by atoms with E-state index < -0.39 is 6.04 Å². The molecule has 2 aromatic carbocycles. The molecule has 0 radical (unpaired) electrons. The molecule has 152 valence electrons. The standard InChI is InChI=1S/C23H21ClN4O2/c1-14-20-13-25-28(19-7-5-4-6-8-19)23(30)21(20)15(2)27(14)16(3)22(29)26-18-11-9-17(24)10-12-18/h4-13,16H,1-3H3,(H,26,29)/t16-/m0/s1. The van der Waals surface area contributed by atoms with Crippen molar-refractivity contribution in [1.82, 2.24) is 14.3 Å². The minimum absolute atomic E-state index is 0.180. The highest BCUT2D eigenvalue weighted by molar-refractivity contribution is 6.30. The number of fused-ring (bicyclic) bond motifs is 1. The summed E-state index contributed by atoms with van der Waals surface area (Å²) in [4.78, 5) is 26.1. The zero-order valence-corrected chi connectivity index (χ0v) is 17.6. The topological polar surface area (TPSA) is 68.9 Å². The number of nitrogens with one attached hydrogen (secondary N) is 1. The molecule has 1 atom stereocenters. The number of hydrogen-bond donors (Lipinski definition) is 1. The Kier molecular flexibility index (Phi) is 5.18. The first-order valence-corrected chi connectivity index (χ1v) is 9.97. The quantitative estimate of drug-likeness (QED) is 0.522. The van der Waals surface area contributed by atoms with Gasteiger partial charge in [0.05, 0.1) is 17.3 Å². The highest BCUT2D eigenvalue weighted by Crippen LogP contribution is 2.27. The lowest BCUT2D eigenvalue weighted by atomic mass is 10.2. The van der Waals surface area contributed by atoms with Crippen LogP contribution in [0.1, 0.15) is 24.4 Å². The van der Waals surface area contributed by atoms with E-state index in [4.69, 9.17) is 11.6 Å². The van der Waals surface area contributed by atoms with Gasteiger partial charge in [-0.25, -0.2) is 0 Å². The molecule has 0 saturated heterocycles. The van der Waals surface area contributed by atoms with Crippen LogP contribution in [-0.4, -0.2) is 20.3 Å². The predicted molar refractivity (Wildman–Crippen MR) is 120 cm³/mol. The number of halogens is 1. The Bertz CT molecular complexity index is 1290. The van der Waals surface area contributed by atoms with E-state index in [-0.39, 0.29) is 11.5 Å². The van der Waals surface area contributed by atoms with Crippen LogP contribution in [0.5, 0.6) is 0 Å². The second-order valence-electron chi connectivity index (χ2n) is 7.20. The monoisotopic (exact) mass is 420 g/mol. The molecule has 0 bridgehead atoms. The summed E-state index contributed by atoms with van der Waals surface area (Å²) < 4.78 is 3.27. The second-order valence-corrected chi connectivity index (χ2v) is 7.64. The van der Waals surface area contributed by atoms with Crippen molar-refractivity contribution in [3.05, 3.63) is 87.6 Å². The van der Waals surface area contributed by atoms with Crippen LogP contribution in [0.3, 0.4) is 0 Å². The number of aromatic nitrogens is 3. The highest BCUT2D eigenvalue weighted by Gasteiger charge is 2.23. The van der Waals surface area contributed by atoms with Gasteiger partial charge in [-0.2, -0.15) is 9.78 Å². The molecule has 1 amide bonds. The van der Waals surface area contributed by atoms with Crippen LogP contribution in [0, 0.1) is 13.8 Å². The highest BCUT2D eigenvalue weighted by atomic mass is 35.5. The lowest BCUT2D eigenvalue weighted by Crippen LogP contribution is -2.25. The Balaban J connectivity index is 1.76. The van der Waals surface area contributed by atoms with Crippen molar-refractivity contribution in [1.29, 1.82) is 0 Å². The first-order chi connectivity index (χ1) is 14.4. The smallest absolute Gasteiger partial charge is 0.281 e. The van der Waals surface area contributed by atoms with E-state index in [2.05, 4.69) is 10.4 Å². The third kappa shape index (κ3) is 3.39. The van der Waals surface area contributed by atoms with Crippen molar-refractivity contribution in [3.63, 3.8) is 0 Å². The Morgan fingerprint density at radius 1 is 1.03 bits per heavy atom. The molecule has 0 aliphatic carbocycles. The third-order valence-electron chi connectivity index (χ3n) is 5.33. The van der Waals surface area contributed by atoms with Gasteiger partial charge in [-0.15, -0.1) is 0 Å². The van der Waals surface area contributed by atoms with Gasteiger partial charge in [-0.1, -0.05) is 29.8 Å². The summed E-state index contributed by atoms with van der Waals surface area (Å²) in [6.45, 7) is 5.57. The molecule has 0 unspecified atom stereocenters. The lowest BCUT2D eigenvalue weighted by Gasteiger charge is -2.18. The zero-order valence-electron chi connectivity index (χ0n) is 16.9. The van der Waals surface area contributed by atoms with Gasteiger partial charge in [0.2, 0.25) is 5.91 Å². The average Bonchev–Trinajstić information content (AvgIpc) is 3.00. The van der Waals surface area contributed by atoms with E-state index in [1.165, 1.54) is 4.68 Å². The first kappa shape index (κ1) is 19.9. The Hall–Kier alpha value is -3.38. The maximum atomic E-state index is 13.2. The number of benzene rings is 2. The Labute approximate surface area is 178 Å². The molecule has 2 heterocycles. The molecule has 0 saturated carbocycles. The predicted octanol–water partition coefficient (Wildman–Crippen LogP) is 4.66. The zero-order chi connectivity index (χ0) is 21.4.